The smallest absolute Gasteiger partial charge is 0.320 e. The van der Waals surface area contributed by atoms with E-state index in [1.54, 1.807) is 7.05 Å². The van der Waals surface area contributed by atoms with Crippen molar-refractivity contribution in [2.24, 2.45) is 0 Å². The Labute approximate surface area is 105 Å². The molecule has 0 saturated carbocycles. The summed E-state index contributed by atoms with van der Waals surface area (Å²) < 4.78 is 62.3. The Morgan fingerprint density at radius 3 is 2.39 bits per heavy atom. The van der Waals surface area contributed by atoms with Crippen LogP contribution in [0.4, 0.5) is 13.2 Å². The summed E-state index contributed by atoms with van der Waals surface area (Å²) >= 11 is 0. The predicted molar refractivity (Wildman–Crippen MR) is 61.3 cm³/mol. The van der Waals surface area contributed by atoms with Gasteiger partial charge in [-0.05, 0) is 26.4 Å². The number of hydrogen-bond acceptors (Lipinski definition) is 3. The maximum atomic E-state index is 12.3. The van der Waals surface area contributed by atoms with Gasteiger partial charge in [-0.15, -0.1) is 0 Å². The largest absolute Gasteiger partial charge is 0.402 e. The summed E-state index contributed by atoms with van der Waals surface area (Å²) in [5, 5.41) is 2.87. The van der Waals surface area contributed by atoms with Crippen molar-refractivity contribution >= 4 is 10.2 Å². The minimum atomic E-state index is -4.50. The molecular formula is C9H18F3N3O2S. The zero-order valence-electron chi connectivity index (χ0n) is 10.2. The topological polar surface area (TPSA) is 52.6 Å². The number of alkyl halides is 3. The SMILES string of the molecule is CNCCCN1CCCN(CC(F)(F)F)S1(=O)=O. The van der Waals surface area contributed by atoms with Crippen molar-refractivity contribution in [3.8, 4) is 0 Å². The molecule has 0 spiro atoms. The van der Waals surface area contributed by atoms with Crippen molar-refractivity contribution < 1.29 is 21.6 Å². The molecule has 0 aromatic carbocycles. The monoisotopic (exact) mass is 289 g/mol. The van der Waals surface area contributed by atoms with Gasteiger partial charge in [-0.3, -0.25) is 0 Å². The third-order valence-corrected chi connectivity index (χ3v) is 4.64. The summed E-state index contributed by atoms with van der Waals surface area (Å²) in [6, 6.07) is 0. The van der Waals surface area contributed by atoms with Gasteiger partial charge in [0.1, 0.15) is 6.54 Å². The Balaban J connectivity index is 2.66. The molecule has 1 heterocycles. The summed E-state index contributed by atoms with van der Waals surface area (Å²) in [4.78, 5) is 0. The fourth-order valence-electron chi connectivity index (χ4n) is 1.84. The third kappa shape index (κ3) is 4.38. The van der Waals surface area contributed by atoms with Crippen LogP contribution in [0.2, 0.25) is 0 Å². The minimum Gasteiger partial charge on any atom is -0.320 e. The molecule has 1 aliphatic rings. The van der Waals surface area contributed by atoms with E-state index in [-0.39, 0.29) is 13.1 Å². The maximum Gasteiger partial charge on any atom is 0.402 e. The molecule has 0 aromatic heterocycles. The van der Waals surface area contributed by atoms with E-state index in [2.05, 4.69) is 5.32 Å². The molecule has 0 atom stereocenters. The maximum absolute atomic E-state index is 12.3. The van der Waals surface area contributed by atoms with Crippen molar-refractivity contribution in [3.05, 3.63) is 0 Å². The third-order valence-electron chi connectivity index (χ3n) is 2.66. The molecule has 0 bridgehead atoms. The van der Waals surface area contributed by atoms with Crippen LogP contribution < -0.4 is 5.32 Å². The normalized spacial score (nSPS) is 22.2. The molecule has 5 nitrogen and oxygen atoms in total. The first kappa shape index (κ1) is 15.7. The lowest BCUT2D eigenvalue weighted by molar-refractivity contribution is -0.137. The Kier molecular flexibility index (Phi) is 5.38. The number of hydrogen-bond donors (Lipinski definition) is 1. The van der Waals surface area contributed by atoms with Crippen LogP contribution in [0.1, 0.15) is 12.8 Å². The van der Waals surface area contributed by atoms with Gasteiger partial charge in [0.15, 0.2) is 0 Å². The van der Waals surface area contributed by atoms with E-state index in [9.17, 15) is 21.6 Å². The van der Waals surface area contributed by atoms with E-state index in [0.29, 0.717) is 30.2 Å². The Morgan fingerprint density at radius 1 is 1.22 bits per heavy atom. The lowest BCUT2D eigenvalue weighted by Crippen LogP contribution is -2.52. The second kappa shape index (κ2) is 6.18. The van der Waals surface area contributed by atoms with Gasteiger partial charge >= 0.3 is 6.18 Å². The first-order valence-electron chi connectivity index (χ1n) is 5.74. The standard InChI is InChI=1S/C9H18F3N3O2S/c1-13-4-2-5-14-6-3-7-15(18(14,16)17)8-9(10,11)12/h13H,2-8H2,1H3. The molecule has 0 amide bonds. The average Bonchev–Trinajstić information content (AvgIpc) is 2.22. The average molecular weight is 289 g/mol. The highest BCUT2D eigenvalue weighted by Gasteiger charge is 2.40. The van der Waals surface area contributed by atoms with Crippen LogP contribution in [0.5, 0.6) is 0 Å². The molecule has 18 heavy (non-hydrogen) atoms. The fourth-order valence-corrected chi connectivity index (χ4v) is 3.55. The molecule has 0 aromatic rings. The second-order valence-corrected chi connectivity index (χ2v) is 6.09. The van der Waals surface area contributed by atoms with E-state index in [0.717, 1.165) is 4.31 Å². The van der Waals surface area contributed by atoms with Gasteiger partial charge in [0.25, 0.3) is 10.2 Å². The van der Waals surface area contributed by atoms with Gasteiger partial charge in [0.2, 0.25) is 0 Å². The van der Waals surface area contributed by atoms with Gasteiger partial charge in [-0.25, -0.2) is 0 Å². The van der Waals surface area contributed by atoms with Crippen molar-refractivity contribution in [2.75, 3.05) is 39.8 Å². The fraction of sp³-hybridized carbons (Fsp3) is 1.00. The van der Waals surface area contributed by atoms with E-state index in [1.807, 2.05) is 0 Å². The molecule has 0 radical (unpaired) electrons. The van der Waals surface area contributed by atoms with E-state index in [1.165, 1.54) is 0 Å². The van der Waals surface area contributed by atoms with Crippen LogP contribution in [-0.4, -0.2) is 63.0 Å². The highest BCUT2D eigenvalue weighted by molar-refractivity contribution is 7.86. The Bertz CT molecular complexity index is 359. The number of rotatable bonds is 5. The molecule has 1 saturated heterocycles. The first-order valence-corrected chi connectivity index (χ1v) is 7.13. The lowest BCUT2D eigenvalue weighted by atomic mass is 10.3. The van der Waals surface area contributed by atoms with Gasteiger partial charge in [-0.1, -0.05) is 0 Å². The molecule has 1 fully saturated rings. The summed E-state index contributed by atoms with van der Waals surface area (Å²) in [5.74, 6) is 0. The lowest BCUT2D eigenvalue weighted by Gasteiger charge is -2.34. The van der Waals surface area contributed by atoms with Gasteiger partial charge in [0.05, 0.1) is 0 Å². The van der Waals surface area contributed by atoms with Crippen LogP contribution in [0.25, 0.3) is 0 Å². The molecule has 108 valence electrons. The van der Waals surface area contributed by atoms with E-state index >= 15 is 0 Å². The zero-order chi connectivity index (χ0) is 13.8. The molecular weight excluding hydrogens is 271 g/mol. The highest BCUT2D eigenvalue weighted by atomic mass is 32.2. The summed E-state index contributed by atoms with van der Waals surface area (Å²) in [7, 11) is -2.22. The molecule has 1 N–H and O–H groups in total. The number of nitrogens with one attached hydrogen (secondary N) is 1. The van der Waals surface area contributed by atoms with Crippen LogP contribution in [-0.2, 0) is 10.2 Å². The molecule has 0 aliphatic carbocycles. The van der Waals surface area contributed by atoms with Gasteiger partial charge in [0, 0.05) is 19.6 Å². The van der Waals surface area contributed by atoms with Crippen LogP contribution in [0, 0.1) is 0 Å². The zero-order valence-corrected chi connectivity index (χ0v) is 11.0. The van der Waals surface area contributed by atoms with E-state index < -0.39 is 22.9 Å². The summed E-state index contributed by atoms with van der Waals surface area (Å²) in [5.41, 5.74) is 0. The predicted octanol–water partition coefficient (Wildman–Crippen LogP) is 0.411. The first-order chi connectivity index (χ1) is 8.27. The van der Waals surface area contributed by atoms with Gasteiger partial charge < -0.3 is 5.32 Å². The Morgan fingerprint density at radius 2 is 1.83 bits per heavy atom. The van der Waals surface area contributed by atoms with Gasteiger partial charge in [-0.2, -0.15) is 30.2 Å². The number of halogens is 3. The number of nitrogens with zero attached hydrogens (tertiary/aromatic N) is 2. The molecule has 1 aliphatic heterocycles. The summed E-state index contributed by atoms with van der Waals surface area (Å²) in [6.07, 6.45) is -3.49. The van der Waals surface area contributed by atoms with Crippen LogP contribution >= 0.6 is 0 Å². The van der Waals surface area contributed by atoms with Crippen LogP contribution in [0.15, 0.2) is 0 Å². The summed E-state index contributed by atoms with van der Waals surface area (Å²) in [6.45, 7) is -0.300. The minimum absolute atomic E-state index is 0.0651. The second-order valence-electron chi connectivity index (χ2n) is 4.17. The van der Waals surface area contributed by atoms with Crippen molar-refractivity contribution in [1.82, 2.24) is 13.9 Å². The van der Waals surface area contributed by atoms with E-state index in [4.69, 9.17) is 0 Å². The molecule has 9 heteroatoms. The van der Waals surface area contributed by atoms with Crippen molar-refractivity contribution in [3.63, 3.8) is 0 Å². The van der Waals surface area contributed by atoms with Crippen molar-refractivity contribution in [2.45, 2.75) is 19.0 Å². The molecule has 1 rings (SSSR count). The quantitative estimate of drug-likeness (QED) is 0.746. The highest BCUT2D eigenvalue weighted by Crippen LogP contribution is 2.23. The van der Waals surface area contributed by atoms with Crippen molar-refractivity contribution in [1.29, 1.82) is 0 Å². The van der Waals surface area contributed by atoms with Crippen LogP contribution in [0.3, 0.4) is 0 Å². The Hall–Kier alpha value is -0.380. The molecule has 0 unspecified atom stereocenters.